The molecule has 4 aromatic rings. The summed E-state index contributed by atoms with van der Waals surface area (Å²) in [6, 6.07) is 27.6. The number of carbonyl (C=O) groups excluding carboxylic acids is 1. The first-order chi connectivity index (χ1) is 16.2. The van der Waals surface area contributed by atoms with Crippen molar-refractivity contribution in [2.45, 2.75) is 57.7 Å². The van der Waals surface area contributed by atoms with Crippen molar-refractivity contribution in [1.29, 1.82) is 0 Å². The van der Waals surface area contributed by atoms with Crippen LogP contribution in [0.1, 0.15) is 56.1 Å². The van der Waals surface area contributed by atoms with Gasteiger partial charge in [0.15, 0.2) is 0 Å². The molecule has 0 amide bonds. The van der Waals surface area contributed by atoms with E-state index in [-0.39, 0.29) is 18.0 Å². The number of esters is 1. The van der Waals surface area contributed by atoms with Crippen LogP contribution in [0.4, 0.5) is 0 Å². The van der Waals surface area contributed by atoms with E-state index in [9.17, 15) is 4.79 Å². The van der Waals surface area contributed by atoms with E-state index < -0.39 is 0 Å². The van der Waals surface area contributed by atoms with Gasteiger partial charge in [0.05, 0.1) is 0 Å². The zero-order valence-corrected chi connectivity index (χ0v) is 19.1. The first-order valence-corrected chi connectivity index (χ1v) is 12.0. The maximum absolute atomic E-state index is 12.0. The van der Waals surface area contributed by atoms with Crippen molar-refractivity contribution in [3.05, 3.63) is 90.0 Å². The van der Waals surface area contributed by atoms with E-state index in [0.29, 0.717) is 13.0 Å². The molecule has 0 bridgehead atoms. The van der Waals surface area contributed by atoms with Gasteiger partial charge < -0.3 is 9.47 Å². The minimum Gasteiger partial charge on any atom is -0.489 e. The Bertz CT molecular complexity index is 1220. The van der Waals surface area contributed by atoms with Gasteiger partial charge in [0.25, 0.3) is 0 Å². The minimum atomic E-state index is -0.109. The molecule has 0 spiro atoms. The lowest BCUT2D eigenvalue weighted by Crippen LogP contribution is -2.28. The van der Waals surface area contributed by atoms with Gasteiger partial charge in [-0.3, -0.25) is 4.79 Å². The molecule has 1 aliphatic rings. The lowest BCUT2D eigenvalue weighted by Gasteiger charge is -2.31. The molecule has 1 saturated carbocycles. The second-order valence-electron chi connectivity index (χ2n) is 8.93. The van der Waals surface area contributed by atoms with Crippen molar-refractivity contribution in [3.63, 3.8) is 0 Å². The molecule has 33 heavy (non-hydrogen) atoms. The van der Waals surface area contributed by atoms with Crippen LogP contribution in [-0.4, -0.2) is 12.1 Å². The Morgan fingerprint density at radius 2 is 1.55 bits per heavy atom. The molecule has 0 N–H and O–H groups in total. The van der Waals surface area contributed by atoms with E-state index in [1.165, 1.54) is 32.7 Å². The third-order valence-corrected chi connectivity index (χ3v) is 6.83. The van der Waals surface area contributed by atoms with Crippen molar-refractivity contribution in [3.8, 4) is 5.75 Å². The monoisotopic (exact) mass is 438 g/mol. The fourth-order valence-corrected chi connectivity index (χ4v) is 5.13. The van der Waals surface area contributed by atoms with E-state index >= 15 is 0 Å². The maximum Gasteiger partial charge on any atom is 0.305 e. The van der Waals surface area contributed by atoms with Crippen LogP contribution in [0.15, 0.2) is 78.9 Å². The fraction of sp³-hybridized carbons (Fsp3) is 0.300. The standard InChI is InChI=1S/C30H30O3/c1-2-30(31)33-29-17-8-7-16-27(29)23-12-9-13-24(19-23)32-20-28-25-14-5-3-10-21(25)18-22-11-4-6-15-26(22)28/h3-6,9-15,18-19,27,29H,2,7-8,16-17,20H2,1H3/t27-,29+/m1/s1. The highest BCUT2D eigenvalue weighted by atomic mass is 16.5. The van der Waals surface area contributed by atoms with Gasteiger partial charge in [0, 0.05) is 17.9 Å². The van der Waals surface area contributed by atoms with Gasteiger partial charge in [-0.15, -0.1) is 0 Å². The third kappa shape index (κ3) is 4.59. The molecule has 0 radical (unpaired) electrons. The number of rotatable bonds is 6. The lowest BCUT2D eigenvalue weighted by atomic mass is 9.81. The van der Waals surface area contributed by atoms with E-state index in [1.807, 2.05) is 13.0 Å². The topological polar surface area (TPSA) is 35.5 Å². The van der Waals surface area contributed by atoms with Crippen LogP contribution in [0.25, 0.3) is 21.5 Å². The van der Waals surface area contributed by atoms with Crippen LogP contribution >= 0.6 is 0 Å². The number of ether oxygens (including phenoxy) is 2. The van der Waals surface area contributed by atoms with Gasteiger partial charge in [-0.05, 0) is 64.6 Å². The highest BCUT2D eigenvalue weighted by molar-refractivity contribution is 6.02. The van der Waals surface area contributed by atoms with E-state index in [1.54, 1.807) is 0 Å². The molecule has 3 nitrogen and oxygen atoms in total. The highest BCUT2D eigenvalue weighted by Crippen LogP contribution is 2.37. The van der Waals surface area contributed by atoms with Crippen molar-refractivity contribution < 1.29 is 14.3 Å². The Balaban J connectivity index is 1.42. The summed E-state index contributed by atoms with van der Waals surface area (Å²) in [6.45, 7) is 2.36. The molecule has 5 rings (SSSR count). The number of hydrogen-bond donors (Lipinski definition) is 0. The quantitative estimate of drug-likeness (QED) is 0.230. The van der Waals surface area contributed by atoms with Gasteiger partial charge in [-0.2, -0.15) is 0 Å². The van der Waals surface area contributed by atoms with Gasteiger partial charge in [0.2, 0.25) is 0 Å². The number of hydrogen-bond acceptors (Lipinski definition) is 3. The summed E-state index contributed by atoms with van der Waals surface area (Å²) >= 11 is 0. The van der Waals surface area contributed by atoms with E-state index in [4.69, 9.17) is 9.47 Å². The zero-order chi connectivity index (χ0) is 22.6. The molecule has 4 aromatic carbocycles. The van der Waals surface area contributed by atoms with E-state index in [0.717, 1.165) is 31.4 Å². The van der Waals surface area contributed by atoms with Crippen molar-refractivity contribution >= 4 is 27.5 Å². The Morgan fingerprint density at radius 3 is 2.27 bits per heavy atom. The molecule has 1 fully saturated rings. The minimum absolute atomic E-state index is 0.0385. The molecule has 0 aromatic heterocycles. The first-order valence-electron chi connectivity index (χ1n) is 12.0. The molecular formula is C30H30O3. The molecule has 0 saturated heterocycles. The lowest BCUT2D eigenvalue weighted by molar-refractivity contribution is -0.151. The summed E-state index contributed by atoms with van der Waals surface area (Å²) in [5.74, 6) is 0.981. The van der Waals surface area contributed by atoms with Gasteiger partial charge in [-0.1, -0.05) is 74.0 Å². The second-order valence-corrected chi connectivity index (χ2v) is 8.93. The van der Waals surface area contributed by atoms with Crippen molar-refractivity contribution in [2.75, 3.05) is 0 Å². The SMILES string of the molecule is CCC(=O)O[C@H]1CCCC[C@@H]1c1cccc(OCc2c3ccccc3cc3ccccc23)c1. The normalized spacial score (nSPS) is 18.3. The fourth-order valence-electron chi connectivity index (χ4n) is 5.13. The summed E-state index contributed by atoms with van der Waals surface area (Å²) in [4.78, 5) is 12.0. The molecule has 0 heterocycles. The Kier molecular flexibility index (Phi) is 6.30. The van der Waals surface area contributed by atoms with Gasteiger partial charge in [0.1, 0.15) is 18.5 Å². The molecule has 3 heteroatoms. The van der Waals surface area contributed by atoms with Crippen LogP contribution < -0.4 is 4.74 Å². The molecule has 168 valence electrons. The average molecular weight is 439 g/mol. The molecular weight excluding hydrogens is 408 g/mol. The Labute approximate surface area is 195 Å². The average Bonchev–Trinajstić information content (AvgIpc) is 2.87. The Morgan fingerprint density at radius 1 is 0.848 bits per heavy atom. The Hall–Kier alpha value is -3.33. The summed E-state index contributed by atoms with van der Waals surface area (Å²) < 4.78 is 12.2. The van der Waals surface area contributed by atoms with E-state index in [2.05, 4.69) is 72.8 Å². The number of fused-ring (bicyclic) bond motifs is 2. The van der Waals surface area contributed by atoms with Crippen LogP contribution in [0.2, 0.25) is 0 Å². The van der Waals surface area contributed by atoms with Gasteiger partial charge >= 0.3 is 5.97 Å². The summed E-state index contributed by atoms with van der Waals surface area (Å²) in [5, 5.41) is 4.91. The number of carbonyl (C=O) groups is 1. The zero-order valence-electron chi connectivity index (χ0n) is 19.1. The van der Waals surface area contributed by atoms with Gasteiger partial charge in [-0.25, -0.2) is 0 Å². The third-order valence-electron chi connectivity index (χ3n) is 6.83. The largest absolute Gasteiger partial charge is 0.489 e. The van der Waals surface area contributed by atoms with Crippen LogP contribution in [-0.2, 0) is 16.1 Å². The van der Waals surface area contributed by atoms with Crippen LogP contribution in [0, 0.1) is 0 Å². The molecule has 1 aliphatic carbocycles. The predicted molar refractivity (Wildman–Crippen MR) is 134 cm³/mol. The number of benzene rings is 4. The second kappa shape index (κ2) is 9.66. The van der Waals surface area contributed by atoms with Crippen LogP contribution in [0.3, 0.4) is 0 Å². The van der Waals surface area contributed by atoms with Crippen LogP contribution in [0.5, 0.6) is 5.75 Å². The smallest absolute Gasteiger partial charge is 0.305 e. The molecule has 0 aliphatic heterocycles. The highest BCUT2D eigenvalue weighted by Gasteiger charge is 2.29. The predicted octanol–water partition coefficient (Wildman–Crippen LogP) is 7.55. The first kappa shape index (κ1) is 21.5. The molecule has 0 unspecified atom stereocenters. The molecule has 2 atom stereocenters. The maximum atomic E-state index is 12.0. The summed E-state index contributed by atoms with van der Waals surface area (Å²) in [7, 11) is 0. The van der Waals surface area contributed by atoms with Crippen molar-refractivity contribution in [1.82, 2.24) is 0 Å². The van der Waals surface area contributed by atoms with Crippen molar-refractivity contribution in [2.24, 2.45) is 0 Å². The summed E-state index contributed by atoms with van der Waals surface area (Å²) in [5.41, 5.74) is 2.41. The summed E-state index contributed by atoms with van der Waals surface area (Å²) in [6.07, 6.45) is 4.64.